The molecule has 1 aliphatic rings. The molecule has 0 saturated carbocycles. The van der Waals surface area contributed by atoms with E-state index < -0.39 is 18.6 Å². The molecule has 2 unspecified atom stereocenters. The van der Waals surface area contributed by atoms with Crippen molar-refractivity contribution in [2.24, 2.45) is 5.73 Å². The van der Waals surface area contributed by atoms with E-state index in [1.165, 1.54) is 18.2 Å². The van der Waals surface area contributed by atoms with Gasteiger partial charge in [0.1, 0.15) is 12.7 Å². The molecule has 19 heavy (non-hydrogen) atoms. The first-order chi connectivity index (χ1) is 8.94. The van der Waals surface area contributed by atoms with Gasteiger partial charge in [0, 0.05) is 6.54 Å². The number of alkyl halides is 3. The highest BCUT2D eigenvalue weighted by Gasteiger charge is 2.50. The summed E-state index contributed by atoms with van der Waals surface area (Å²) in [6.07, 6.45) is -7.91. The summed E-state index contributed by atoms with van der Waals surface area (Å²) in [4.78, 5) is 0. The molecule has 0 fully saturated rings. The third-order valence-electron chi connectivity index (χ3n) is 2.38. The van der Waals surface area contributed by atoms with E-state index >= 15 is 0 Å². The van der Waals surface area contributed by atoms with Gasteiger partial charge in [-0.2, -0.15) is 13.2 Å². The SMILES string of the molecule is NCC(O)COc1cccc2c1OC(F)C(F)(F)O2. The van der Waals surface area contributed by atoms with Gasteiger partial charge < -0.3 is 25.1 Å². The smallest absolute Gasteiger partial charge is 0.468 e. The largest absolute Gasteiger partial charge is 0.487 e. The van der Waals surface area contributed by atoms with E-state index in [0.717, 1.165) is 0 Å². The van der Waals surface area contributed by atoms with E-state index in [2.05, 4.69) is 9.47 Å². The first-order valence-corrected chi connectivity index (χ1v) is 5.45. The average molecular weight is 279 g/mol. The van der Waals surface area contributed by atoms with Crippen molar-refractivity contribution in [3.63, 3.8) is 0 Å². The van der Waals surface area contributed by atoms with E-state index in [-0.39, 0.29) is 30.4 Å². The molecule has 1 aliphatic heterocycles. The number of nitrogens with two attached hydrogens (primary N) is 1. The molecule has 0 spiro atoms. The van der Waals surface area contributed by atoms with Crippen molar-refractivity contribution in [3.8, 4) is 17.2 Å². The number of aliphatic hydroxyl groups excluding tert-OH is 1. The minimum atomic E-state index is -4.05. The molecule has 0 saturated heterocycles. The molecule has 1 aromatic carbocycles. The van der Waals surface area contributed by atoms with E-state index in [1.807, 2.05) is 0 Å². The number of rotatable bonds is 4. The molecule has 8 heteroatoms. The predicted octanol–water partition coefficient (Wildman–Crippen LogP) is 1.04. The number of benzene rings is 1. The van der Waals surface area contributed by atoms with Crippen LogP contribution in [-0.4, -0.2) is 36.8 Å². The molecule has 2 atom stereocenters. The van der Waals surface area contributed by atoms with Crippen LogP contribution in [0.5, 0.6) is 17.2 Å². The summed E-state index contributed by atoms with van der Waals surface area (Å²) < 4.78 is 52.8. The second-order valence-corrected chi connectivity index (χ2v) is 3.88. The van der Waals surface area contributed by atoms with Crippen molar-refractivity contribution in [3.05, 3.63) is 18.2 Å². The van der Waals surface area contributed by atoms with Gasteiger partial charge in [0.25, 0.3) is 0 Å². The molecule has 0 aromatic heterocycles. The topological polar surface area (TPSA) is 73.9 Å². The summed E-state index contributed by atoms with van der Waals surface area (Å²) >= 11 is 0. The van der Waals surface area contributed by atoms with Crippen molar-refractivity contribution >= 4 is 0 Å². The third kappa shape index (κ3) is 2.85. The Morgan fingerprint density at radius 1 is 1.47 bits per heavy atom. The molecule has 0 bridgehead atoms. The van der Waals surface area contributed by atoms with Crippen LogP contribution in [0.4, 0.5) is 13.2 Å². The fourth-order valence-corrected chi connectivity index (χ4v) is 1.42. The van der Waals surface area contributed by atoms with Gasteiger partial charge >= 0.3 is 12.5 Å². The van der Waals surface area contributed by atoms with Crippen LogP contribution in [0.2, 0.25) is 0 Å². The Morgan fingerprint density at radius 2 is 2.21 bits per heavy atom. The summed E-state index contributed by atoms with van der Waals surface area (Å²) in [5, 5.41) is 9.24. The van der Waals surface area contributed by atoms with Gasteiger partial charge in [-0.3, -0.25) is 0 Å². The number of halogens is 3. The summed E-state index contributed by atoms with van der Waals surface area (Å²) in [6, 6.07) is 3.95. The van der Waals surface area contributed by atoms with Gasteiger partial charge in [0.15, 0.2) is 11.5 Å². The van der Waals surface area contributed by atoms with Crippen LogP contribution in [0, 0.1) is 0 Å². The molecule has 1 aromatic rings. The maximum atomic E-state index is 13.1. The molecule has 1 heterocycles. The minimum absolute atomic E-state index is 0.0110. The minimum Gasteiger partial charge on any atom is -0.487 e. The standard InChI is InChI=1S/C11H12F3NO4/c12-10-11(13,14)19-8-3-1-2-7(9(8)18-10)17-5-6(16)4-15/h1-3,6,10,16H,4-5,15H2. The van der Waals surface area contributed by atoms with Crippen LogP contribution < -0.4 is 19.9 Å². The molecular weight excluding hydrogens is 267 g/mol. The molecule has 3 N–H and O–H groups in total. The Labute approximate surface area is 106 Å². The number of hydrogen-bond donors (Lipinski definition) is 2. The second-order valence-electron chi connectivity index (χ2n) is 3.88. The van der Waals surface area contributed by atoms with Crippen LogP contribution >= 0.6 is 0 Å². The summed E-state index contributed by atoms with van der Waals surface area (Å²) in [7, 11) is 0. The van der Waals surface area contributed by atoms with Crippen LogP contribution in [0.15, 0.2) is 18.2 Å². The van der Waals surface area contributed by atoms with Crippen molar-refractivity contribution in [1.82, 2.24) is 0 Å². The first kappa shape index (κ1) is 13.8. The van der Waals surface area contributed by atoms with Crippen molar-refractivity contribution < 1.29 is 32.5 Å². The highest BCUT2D eigenvalue weighted by Crippen LogP contribution is 2.45. The van der Waals surface area contributed by atoms with E-state index in [1.54, 1.807) is 0 Å². The highest BCUT2D eigenvalue weighted by molar-refractivity contribution is 5.52. The van der Waals surface area contributed by atoms with Crippen molar-refractivity contribution in [2.45, 2.75) is 18.6 Å². The van der Waals surface area contributed by atoms with E-state index in [4.69, 9.17) is 10.5 Å². The molecule has 0 radical (unpaired) electrons. The third-order valence-corrected chi connectivity index (χ3v) is 2.38. The first-order valence-electron chi connectivity index (χ1n) is 5.45. The average Bonchev–Trinajstić information content (AvgIpc) is 2.37. The molecule has 2 rings (SSSR count). The van der Waals surface area contributed by atoms with Crippen LogP contribution in [0.3, 0.4) is 0 Å². The lowest BCUT2D eigenvalue weighted by Gasteiger charge is -2.29. The van der Waals surface area contributed by atoms with Crippen molar-refractivity contribution in [2.75, 3.05) is 13.2 Å². The van der Waals surface area contributed by atoms with Gasteiger partial charge in [-0.25, -0.2) is 0 Å². The summed E-state index contributed by atoms with van der Waals surface area (Å²) in [5.41, 5.74) is 5.19. The lowest BCUT2D eigenvalue weighted by atomic mass is 10.2. The van der Waals surface area contributed by atoms with Gasteiger partial charge in [-0.05, 0) is 12.1 Å². The normalized spacial score (nSPS) is 21.8. The zero-order chi connectivity index (χ0) is 14.0. The summed E-state index contributed by atoms with van der Waals surface area (Å²) in [5.74, 6) is -0.619. The predicted molar refractivity (Wildman–Crippen MR) is 58.1 cm³/mol. The second kappa shape index (κ2) is 5.14. The zero-order valence-electron chi connectivity index (χ0n) is 9.68. The van der Waals surface area contributed by atoms with Crippen LogP contribution in [0.25, 0.3) is 0 Å². The highest BCUT2D eigenvalue weighted by atomic mass is 19.3. The molecular formula is C11H12F3NO4. The Hall–Kier alpha value is -1.67. The van der Waals surface area contributed by atoms with Gasteiger partial charge in [0.05, 0.1) is 0 Å². The Morgan fingerprint density at radius 3 is 2.89 bits per heavy atom. The Kier molecular flexibility index (Phi) is 3.72. The molecule has 0 aliphatic carbocycles. The lowest BCUT2D eigenvalue weighted by Crippen LogP contribution is -2.43. The molecule has 106 valence electrons. The maximum absolute atomic E-state index is 13.1. The van der Waals surface area contributed by atoms with E-state index in [0.29, 0.717) is 0 Å². The Bertz CT molecular complexity index is 458. The zero-order valence-corrected chi connectivity index (χ0v) is 9.68. The monoisotopic (exact) mass is 279 g/mol. The van der Waals surface area contributed by atoms with Crippen LogP contribution in [-0.2, 0) is 0 Å². The lowest BCUT2D eigenvalue weighted by molar-refractivity contribution is -0.281. The number of fused-ring (bicyclic) bond motifs is 1. The number of ether oxygens (including phenoxy) is 3. The van der Waals surface area contributed by atoms with Crippen molar-refractivity contribution in [1.29, 1.82) is 0 Å². The fraction of sp³-hybridized carbons (Fsp3) is 0.455. The molecule has 5 nitrogen and oxygen atoms in total. The molecule has 0 amide bonds. The quantitative estimate of drug-likeness (QED) is 0.861. The van der Waals surface area contributed by atoms with E-state index in [9.17, 15) is 18.3 Å². The number of para-hydroxylation sites is 1. The van der Waals surface area contributed by atoms with Gasteiger partial charge in [0.2, 0.25) is 5.75 Å². The number of hydrogen-bond acceptors (Lipinski definition) is 5. The van der Waals surface area contributed by atoms with Gasteiger partial charge in [-0.1, -0.05) is 6.07 Å². The van der Waals surface area contributed by atoms with Crippen LogP contribution in [0.1, 0.15) is 0 Å². The summed E-state index contributed by atoms with van der Waals surface area (Å²) in [6.45, 7) is -0.208. The maximum Gasteiger partial charge on any atom is 0.468 e. The fourth-order valence-electron chi connectivity index (χ4n) is 1.42. The van der Waals surface area contributed by atoms with Gasteiger partial charge in [-0.15, -0.1) is 0 Å². The Balaban J connectivity index is 2.20. The number of aliphatic hydroxyl groups is 1.